The van der Waals surface area contributed by atoms with Gasteiger partial charge in [0.1, 0.15) is 5.76 Å². The Morgan fingerprint density at radius 1 is 1.04 bits per heavy atom. The zero-order chi connectivity index (χ0) is 20.1. The van der Waals surface area contributed by atoms with Gasteiger partial charge in [-0.2, -0.15) is 0 Å². The normalized spacial score (nSPS) is 11.5. The van der Waals surface area contributed by atoms with Crippen molar-refractivity contribution >= 4 is 23.3 Å². The fourth-order valence-corrected chi connectivity index (χ4v) is 2.39. The van der Waals surface area contributed by atoms with E-state index in [-0.39, 0.29) is 11.4 Å². The van der Waals surface area contributed by atoms with Gasteiger partial charge in [-0.1, -0.05) is 18.2 Å². The Kier molecular flexibility index (Phi) is 5.50. The van der Waals surface area contributed by atoms with Crippen LogP contribution in [-0.2, 0) is 9.53 Å². The Morgan fingerprint density at radius 3 is 2.36 bits per heavy atom. The Hall–Kier alpha value is -3.94. The monoisotopic (exact) mass is 380 g/mol. The summed E-state index contributed by atoms with van der Waals surface area (Å²) in [7, 11) is 0. The standard InChI is InChI=1S/C20H16N2O6/c1-13(19(23)21-15-5-3-2-4-6-15)27-20(24)18-12-11-17(28-18)14-7-9-16(10-8-14)22(25)26/h2-13H,1H3,(H,21,23)/t13-/m0/s1. The minimum Gasteiger partial charge on any atom is -0.449 e. The lowest BCUT2D eigenvalue weighted by atomic mass is 10.1. The van der Waals surface area contributed by atoms with Gasteiger partial charge < -0.3 is 14.5 Å². The summed E-state index contributed by atoms with van der Waals surface area (Å²) in [6.45, 7) is 1.45. The molecule has 0 bridgehead atoms. The van der Waals surface area contributed by atoms with Crippen LogP contribution in [0.15, 0.2) is 71.1 Å². The summed E-state index contributed by atoms with van der Waals surface area (Å²) >= 11 is 0. The smallest absolute Gasteiger partial charge is 0.375 e. The molecule has 28 heavy (non-hydrogen) atoms. The highest BCUT2D eigenvalue weighted by Gasteiger charge is 2.21. The van der Waals surface area contributed by atoms with Crippen molar-refractivity contribution in [3.8, 4) is 11.3 Å². The first kappa shape index (κ1) is 18.8. The van der Waals surface area contributed by atoms with Crippen LogP contribution >= 0.6 is 0 Å². The van der Waals surface area contributed by atoms with E-state index in [2.05, 4.69) is 5.32 Å². The maximum Gasteiger partial charge on any atom is 0.375 e. The molecule has 1 aromatic heterocycles. The lowest BCUT2D eigenvalue weighted by molar-refractivity contribution is -0.384. The van der Waals surface area contributed by atoms with Crippen LogP contribution in [-0.4, -0.2) is 22.9 Å². The number of carbonyl (C=O) groups is 2. The van der Waals surface area contributed by atoms with Crippen LogP contribution in [0.1, 0.15) is 17.5 Å². The van der Waals surface area contributed by atoms with Gasteiger partial charge in [0, 0.05) is 23.4 Å². The minimum atomic E-state index is -1.03. The highest BCUT2D eigenvalue weighted by Crippen LogP contribution is 2.25. The summed E-state index contributed by atoms with van der Waals surface area (Å²) in [6, 6.07) is 17.5. The molecule has 3 aromatic rings. The van der Waals surface area contributed by atoms with Gasteiger partial charge in [0.25, 0.3) is 11.6 Å². The zero-order valence-corrected chi connectivity index (χ0v) is 14.8. The van der Waals surface area contributed by atoms with E-state index in [9.17, 15) is 19.7 Å². The molecule has 0 unspecified atom stereocenters. The first-order valence-electron chi connectivity index (χ1n) is 8.35. The average molecular weight is 380 g/mol. The molecule has 3 rings (SSSR count). The number of ether oxygens (including phenoxy) is 1. The Bertz CT molecular complexity index is 995. The third kappa shape index (κ3) is 4.42. The van der Waals surface area contributed by atoms with Gasteiger partial charge in [-0.05, 0) is 43.3 Å². The van der Waals surface area contributed by atoms with Gasteiger partial charge in [0.15, 0.2) is 6.10 Å². The highest BCUT2D eigenvalue weighted by atomic mass is 16.6. The summed E-state index contributed by atoms with van der Waals surface area (Å²) in [5.74, 6) is -0.985. The molecule has 1 N–H and O–H groups in total. The molecule has 0 spiro atoms. The molecule has 0 aliphatic heterocycles. The third-order valence-corrected chi connectivity index (χ3v) is 3.86. The van der Waals surface area contributed by atoms with Gasteiger partial charge in [-0.25, -0.2) is 4.79 Å². The molecule has 0 aliphatic carbocycles. The lowest BCUT2D eigenvalue weighted by Crippen LogP contribution is -2.29. The maximum atomic E-state index is 12.2. The molecular weight excluding hydrogens is 364 g/mol. The Balaban J connectivity index is 1.63. The summed E-state index contributed by atoms with van der Waals surface area (Å²) in [6.07, 6.45) is -1.03. The number of hydrogen-bond donors (Lipinski definition) is 1. The molecule has 2 aromatic carbocycles. The second-order valence-corrected chi connectivity index (χ2v) is 5.87. The lowest BCUT2D eigenvalue weighted by Gasteiger charge is -2.12. The second kappa shape index (κ2) is 8.17. The molecule has 0 fully saturated rings. The first-order valence-corrected chi connectivity index (χ1v) is 8.35. The highest BCUT2D eigenvalue weighted by molar-refractivity contribution is 5.96. The predicted octanol–water partition coefficient (Wildman–Crippen LogP) is 4.04. The molecule has 0 radical (unpaired) electrons. The molecule has 142 valence electrons. The number of benzene rings is 2. The van der Waals surface area contributed by atoms with Crippen molar-refractivity contribution in [2.75, 3.05) is 5.32 Å². The predicted molar refractivity (Wildman–Crippen MR) is 101 cm³/mol. The largest absolute Gasteiger partial charge is 0.449 e. The van der Waals surface area contributed by atoms with Gasteiger partial charge in [-0.3, -0.25) is 14.9 Å². The Labute approximate surface area is 159 Å². The molecule has 8 nitrogen and oxygen atoms in total. The summed E-state index contributed by atoms with van der Waals surface area (Å²) < 4.78 is 10.6. The number of amides is 1. The number of furan rings is 1. The van der Waals surface area contributed by atoms with E-state index >= 15 is 0 Å². The van der Waals surface area contributed by atoms with Gasteiger partial charge in [0.2, 0.25) is 5.76 Å². The number of esters is 1. The summed E-state index contributed by atoms with van der Waals surface area (Å²) in [5.41, 5.74) is 1.11. The molecule has 0 saturated carbocycles. The van der Waals surface area contributed by atoms with E-state index in [1.807, 2.05) is 6.07 Å². The van der Waals surface area contributed by atoms with Crippen LogP contribution < -0.4 is 5.32 Å². The van der Waals surface area contributed by atoms with Crippen molar-refractivity contribution in [2.24, 2.45) is 0 Å². The van der Waals surface area contributed by atoms with Crippen molar-refractivity contribution in [2.45, 2.75) is 13.0 Å². The molecule has 1 heterocycles. The number of anilines is 1. The topological polar surface area (TPSA) is 112 Å². The van der Waals surface area contributed by atoms with E-state index < -0.39 is 22.9 Å². The number of para-hydroxylation sites is 1. The van der Waals surface area contributed by atoms with Crippen molar-refractivity contribution < 1.29 is 23.7 Å². The number of non-ortho nitro benzene ring substituents is 1. The molecule has 1 amide bonds. The average Bonchev–Trinajstić information content (AvgIpc) is 3.19. The SMILES string of the molecule is C[C@H](OC(=O)c1ccc(-c2ccc([N+](=O)[O-])cc2)o1)C(=O)Nc1ccccc1. The van der Waals surface area contributed by atoms with Crippen molar-refractivity contribution in [3.05, 3.63) is 82.6 Å². The number of nitro groups is 1. The van der Waals surface area contributed by atoms with Crippen LogP contribution in [0, 0.1) is 10.1 Å². The van der Waals surface area contributed by atoms with Crippen molar-refractivity contribution in [1.82, 2.24) is 0 Å². The van der Waals surface area contributed by atoms with Crippen LogP contribution in [0.2, 0.25) is 0 Å². The number of nitro benzene ring substituents is 1. The molecule has 8 heteroatoms. The van der Waals surface area contributed by atoms with E-state index in [1.54, 1.807) is 30.3 Å². The molecule has 0 saturated heterocycles. The second-order valence-electron chi connectivity index (χ2n) is 5.87. The molecule has 0 aliphatic rings. The number of carbonyl (C=O) groups excluding carboxylic acids is 2. The quantitative estimate of drug-likeness (QED) is 0.392. The zero-order valence-electron chi connectivity index (χ0n) is 14.8. The number of rotatable bonds is 6. The molecular formula is C20H16N2O6. The maximum absolute atomic E-state index is 12.2. The number of nitrogens with zero attached hydrogens (tertiary/aromatic N) is 1. The van der Waals surface area contributed by atoms with Crippen molar-refractivity contribution in [3.63, 3.8) is 0 Å². The number of nitrogens with one attached hydrogen (secondary N) is 1. The third-order valence-electron chi connectivity index (χ3n) is 3.86. The fraction of sp³-hybridized carbons (Fsp3) is 0.100. The summed E-state index contributed by atoms with van der Waals surface area (Å²) in [4.78, 5) is 34.5. The van der Waals surface area contributed by atoms with Crippen LogP contribution in [0.25, 0.3) is 11.3 Å². The first-order chi connectivity index (χ1) is 13.4. The Morgan fingerprint density at radius 2 is 1.71 bits per heavy atom. The van der Waals surface area contributed by atoms with Gasteiger partial charge in [-0.15, -0.1) is 0 Å². The minimum absolute atomic E-state index is 0.0480. The van der Waals surface area contributed by atoms with Gasteiger partial charge in [0.05, 0.1) is 4.92 Å². The van der Waals surface area contributed by atoms with Gasteiger partial charge >= 0.3 is 5.97 Å². The molecule has 1 atom stereocenters. The van der Waals surface area contributed by atoms with Crippen LogP contribution in [0.5, 0.6) is 0 Å². The van der Waals surface area contributed by atoms with E-state index in [4.69, 9.17) is 9.15 Å². The van der Waals surface area contributed by atoms with E-state index in [1.165, 1.54) is 37.3 Å². The van der Waals surface area contributed by atoms with Crippen molar-refractivity contribution in [1.29, 1.82) is 0 Å². The number of hydrogen-bond acceptors (Lipinski definition) is 6. The van der Waals surface area contributed by atoms with Crippen LogP contribution in [0.3, 0.4) is 0 Å². The summed E-state index contributed by atoms with van der Waals surface area (Å²) in [5, 5.41) is 13.3. The fourth-order valence-electron chi connectivity index (χ4n) is 2.39. The van der Waals surface area contributed by atoms with Crippen LogP contribution in [0.4, 0.5) is 11.4 Å². The van der Waals surface area contributed by atoms with E-state index in [0.29, 0.717) is 17.0 Å². The van der Waals surface area contributed by atoms with E-state index in [0.717, 1.165) is 0 Å².